The average molecular weight is 494 g/mol. The predicted octanol–water partition coefficient (Wildman–Crippen LogP) is 5.48. The van der Waals surface area contributed by atoms with Crippen molar-refractivity contribution in [2.75, 3.05) is 7.11 Å². The zero-order chi connectivity index (χ0) is 20.4. The van der Waals surface area contributed by atoms with Crippen LogP contribution in [-0.2, 0) is 0 Å². The van der Waals surface area contributed by atoms with Gasteiger partial charge >= 0.3 is 0 Å². The highest BCUT2D eigenvalue weighted by atomic mass is 127. The first kappa shape index (κ1) is 19.4. The summed E-state index contributed by atoms with van der Waals surface area (Å²) in [4.78, 5) is 18.1. The Morgan fingerprint density at radius 2 is 1.69 bits per heavy atom. The minimum Gasteiger partial charge on any atom is -0.497 e. The fourth-order valence-corrected chi connectivity index (χ4v) is 3.61. The van der Waals surface area contributed by atoms with Crippen LogP contribution in [0.1, 0.15) is 17.0 Å². The molecule has 5 heteroatoms. The summed E-state index contributed by atoms with van der Waals surface area (Å²) in [6, 6.07) is 21.4. The van der Waals surface area contributed by atoms with Gasteiger partial charge in [0.15, 0.2) is 0 Å². The summed E-state index contributed by atoms with van der Waals surface area (Å²) >= 11 is 2.21. The zero-order valence-corrected chi connectivity index (χ0v) is 18.3. The predicted molar refractivity (Wildman–Crippen MR) is 127 cm³/mol. The normalized spacial score (nSPS) is 11.3. The van der Waals surface area contributed by atoms with Gasteiger partial charge in [0.05, 0.1) is 23.7 Å². The summed E-state index contributed by atoms with van der Waals surface area (Å²) in [6.45, 7) is 2.06. The van der Waals surface area contributed by atoms with Crippen molar-refractivity contribution in [1.29, 1.82) is 0 Å². The molecule has 0 aliphatic rings. The van der Waals surface area contributed by atoms with Gasteiger partial charge in [-0.25, -0.2) is 4.98 Å². The van der Waals surface area contributed by atoms with Crippen LogP contribution < -0.4 is 10.3 Å². The molecular weight excluding hydrogens is 475 g/mol. The van der Waals surface area contributed by atoms with Crippen molar-refractivity contribution in [1.82, 2.24) is 9.55 Å². The van der Waals surface area contributed by atoms with Crippen LogP contribution in [0, 0.1) is 10.5 Å². The van der Waals surface area contributed by atoms with Gasteiger partial charge in [-0.15, -0.1) is 0 Å². The topological polar surface area (TPSA) is 44.1 Å². The third-order valence-electron chi connectivity index (χ3n) is 4.69. The van der Waals surface area contributed by atoms with Gasteiger partial charge in [0.2, 0.25) is 0 Å². The van der Waals surface area contributed by atoms with Gasteiger partial charge in [-0.1, -0.05) is 35.9 Å². The molecule has 144 valence electrons. The smallest absolute Gasteiger partial charge is 0.266 e. The quantitative estimate of drug-likeness (QED) is 0.353. The summed E-state index contributed by atoms with van der Waals surface area (Å²) in [5.41, 5.74) is 3.59. The van der Waals surface area contributed by atoms with Crippen molar-refractivity contribution in [2.45, 2.75) is 6.92 Å². The first-order chi connectivity index (χ1) is 14.0. The van der Waals surface area contributed by atoms with Crippen LogP contribution in [0.25, 0.3) is 28.7 Å². The Hall–Kier alpha value is -2.93. The highest BCUT2D eigenvalue weighted by molar-refractivity contribution is 14.1. The molecular formula is C24H19IN2O2. The Bertz CT molecular complexity index is 1260. The van der Waals surface area contributed by atoms with Crippen LogP contribution in [0.15, 0.2) is 71.5 Å². The Balaban J connectivity index is 1.91. The molecule has 0 atom stereocenters. The summed E-state index contributed by atoms with van der Waals surface area (Å²) in [5, 5.41) is 0.597. The van der Waals surface area contributed by atoms with Crippen LogP contribution in [-0.4, -0.2) is 16.7 Å². The van der Waals surface area contributed by atoms with Gasteiger partial charge in [-0.2, -0.15) is 0 Å². The molecule has 29 heavy (non-hydrogen) atoms. The number of benzene rings is 3. The number of hydrogen-bond donors (Lipinski definition) is 0. The van der Waals surface area contributed by atoms with Crippen molar-refractivity contribution >= 4 is 45.6 Å². The van der Waals surface area contributed by atoms with Gasteiger partial charge in [-0.05, 0) is 83.6 Å². The number of halogens is 1. The molecule has 0 amide bonds. The van der Waals surface area contributed by atoms with Gasteiger partial charge in [0.25, 0.3) is 5.56 Å². The number of fused-ring (bicyclic) bond motifs is 1. The van der Waals surface area contributed by atoms with E-state index in [4.69, 9.17) is 9.72 Å². The summed E-state index contributed by atoms with van der Waals surface area (Å²) in [7, 11) is 1.62. The largest absolute Gasteiger partial charge is 0.497 e. The highest BCUT2D eigenvalue weighted by Crippen LogP contribution is 2.19. The number of nitrogens with zero attached hydrogens (tertiary/aromatic N) is 2. The fourth-order valence-electron chi connectivity index (χ4n) is 3.12. The fraction of sp³-hybridized carbons (Fsp3) is 0.0833. The number of hydrogen-bond acceptors (Lipinski definition) is 3. The molecule has 0 radical (unpaired) electrons. The molecule has 0 aliphatic carbocycles. The standard InChI is InChI=1S/C24H19IN2O2/c1-16-3-5-17(6-4-16)7-14-23-26-22-13-8-18(25)15-21(22)24(28)27(23)19-9-11-20(29-2)12-10-19/h3-15H,1-2H3. The SMILES string of the molecule is COc1ccc(-n2c(C=Cc3ccc(C)cc3)nc3ccc(I)cc3c2=O)cc1. The number of rotatable bonds is 4. The lowest BCUT2D eigenvalue weighted by Crippen LogP contribution is -2.22. The Kier molecular flexibility index (Phi) is 5.49. The molecule has 4 aromatic rings. The summed E-state index contributed by atoms with van der Waals surface area (Å²) < 4.78 is 7.89. The molecule has 1 aromatic heterocycles. The van der Waals surface area contributed by atoms with E-state index in [1.165, 1.54) is 5.56 Å². The molecule has 0 bridgehead atoms. The molecule has 0 unspecified atom stereocenters. The van der Waals surface area contributed by atoms with E-state index >= 15 is 0 Å². The van der Waals surface area contributed by atoms with Gasteiger partial charge in [0.1, 0.15) is 11.6 Å². The van der Waals surface area contributed by atoms with E-state index in [1.807, 2.05) is 66.7 Å². The van der Waals surface area contributed by atoms with Crippen LogP contribution in [0.5, 0.6) is 5.75 Å². The monoisotopic (exact) mass is 494 g/mol. The summed E-state index contributed by atoms with van der Waals surface area (Å²) in [6.07, 6.45) is 3.85. The van der Waals surface area contributed by atoms with Gasteiger partial charge in [0, 0.05) is 3.57 Å². The maximum absolute atomic E-state index is 13.4. The molecule has 0 fully saturated rings. The molecule has 1 heterocycles. The number of aryl methyl sites for hydroxylation is 1. The second-order valence-electron chi connectivity index (χ2n) is 6.71. The zero-order valence-electron chi connectivity index (χ0n) is 16.1. The molecule has 0 saturated carbocycles. The van der Waals surface area contributed by atoms with Crippen molar-refractivity contribution < 1.29 is 4.74 Å². The first-order valence-electron chi connectivity index (χ1n) is 9.16. The number of aromatic nitrogens is 2. The van der Waals surface area contributed by atoms with Crippen LogP contribution in [0.4, 0.5) is 0 Å². The van der Waals surface area contributed by atoms with E-state index in [-0.39, 0.29) is 5.56 Å². The van der Waals surface area contributed by atoms with E-state index < -0.39 is 0 Å². The molecule has 0 spiro atoms. The maximum atomic E-state index is 13.4. The van der Waals surface area contributed by atoms with Crippen LogP contribution in [0.2, 0.25) is 0 Å². The second-order valence-corrected chi connectivity index (χ2v) is 7.96. The van der Waals surface area contributed by atoms with Crippen molar-refractivity contribution in [3.05, 3.63) is 97.6 Å². The first-order valence-corrected chi connectivity index (χ1v) is 10.2. The number of ether oxygens (including phenoxy) is 1. The molecule has 4 rings (SSSR count). The van der Waals surface area contributed by atoms with E-state index in [0.717, 1.165) is 20.6 Å². The molecule has 0 saturated heterocycles. The maximum Gasteiger partial charge on any atom is 0.266 e. The Morgan fingerprint density at radius 3 is 2.38 bits per heavy atom. The average Bonchev–Trinajstić information content (AvgIpc) is 2.74. The van der Waals surface area contributed by atoms with E-state index in [1.54, 1.807) is 11.7 Å². The van der Waals surface area contributed by atoms with Gasteiger partial charge < -0.3 is 4.74 Å². The minimum absolute atomic E-state index is 0.0951. The van der Waals surface area contributed by atoms with Crippen molar-refractivity contribution in [3.8, 4) is 11.4 Å². The highest BCUT2D eigenvalue weighted by Gasteiger charge is 2.12. The van der Waals surface area contributed by atoms with Crippen molar-refractivity contribution in [2.24, 2.45) is 0 Å². The Labute approximate surface area is 182 Å². The van der Waals surface area contributed by atoms with E-state index in [9.17, 15) is 4.79 Å². The van der Waals surface area contributed by atoms with Gasteiger partial charge in [-0.3, -0.25) is 9.36 Å². The third-order valence-corrected chi connectivity index (χ3v) is 5.36. The molecule has 4 nitrogen and oxygen atoms in total. The van der Waals surface area contributed by atoms with E-state index in [0.29, 0.717) is 16.7 Å². The lowest BCUT2D eigenvalue weighted by Gasteiger charge is -2.12. The lowest BCUT2D eigenvalue weighted by atomic mass is 10.1. The van der Waals surface area contributed by atoms with Crippen LogP contribution in [0.3, 0.4) is 0 Å². The molecule has 0 N–H and O–H groups in total. The number of methoxy groups -OCH3 is 1. The minimum atomic E-state index is -0.0951. The van der Waals surface area contributed by atoms with Crippen LogP contribution >= 0.6 is 22.6 Å². The Morgan fingerprint density at radius 1 is 0.966 bits per heavy atom. The third kappa shape index (κ3) is 4.10. The van der Waals surface area contributed by atoms with Crippen molar-refractivity contribution in [3.63, 3.8) is 0 Å². The molecule has 3 aromatic carbocycles. The molecule has 0 aliphatic heterocycles. The second kappa shape index (κ2) is 8.21. The lowest BCUT2D eigenvalue weighted by molar-refractivity contribution is 0.414. The summed E-state index contributed by atoms with van der Waals surface area (Å²) in [5.74, 6) is 1.32. The van der Waals surface area contributed by atoms with E-state index in [2.05, 4.69) is 41.6 Å².